The van der Waals surface area contributed by atoms with Gasteiger partial charge in [-0.15, -0.1) is 0 Å². The van der Waals surface area contributed by atoms with Crippen molar-refractivity contribution in [3.63, 3.8) is 0 Å². The fourth-order valence-electron chi connectivity index (χ4n) is 3.72. The van der Waals surface area contributed by atoms with Crippen LogP contribution >= 0.6 is 0 Å². The number of rotatable bonds is 8. The van der Waals surface area contributed by atoms with Gasteiger partial charge in [0.2, 0.25) is 11.8 Å². The lowest BCUT2D eigenvalue weighted by Gasteiger charge is -2.31. The molecule has 1 saturated heterocycles. The number of anilines is 1. The lowest BCUT2D eigenvalue weighted by Crippen LogP contribution is -2.42. The van der Waals surface area contributed by atoms with Gasteiger partial charge in [-0.05, 0) is 69.0 Å². The van der Waals surface area contributed by atoms with E-state index in [0.29, 0.717) is 18.0 Å². The third kappa shape index (κ3) is 5.55. The Balaban J connectivity index is 1.36. The van der Waals surface area contributed by atoms with E-state index in [9.17, 15) is 14.4 Å². The Bertz CT molecular complexity index is 719. The topological polar surface area (TPSA) is 105 Å². The molecule has 3 atom stereocenters. The zero-order valence-electron chi connectivity index (χ0n) is 16.4. The Morgan fingerprint density at radius 3 is 2.57 bits per heavy atom. The molecule has 7 heteroatoms. The number of likely N-dealkylation sites (tertiary alicyclic amines) is 1. The highest BCUT2D eigenvalue weighted by Crippen LogP contribution is 2.38. The summed E-state index contributed by atoms with van der Waals surface area (Å²) in [5.41, 5.74) is 6.69. The summed E-state index contributed by atoms with van der Waals surface area (Å²) in [6.07, 6.45) is 3.64. The minimum absolute atomic E-state index is 0.0505. The molecule has 152 valence electrons. The summed E-state index contributed by atoms with van der Waals surface area (Å²) in [7, 11) is 0. The van der Waals surface area contributed by atoms with Crippen LogP contribution in [0, 0.1) is 17.8 Å². The summed E-state index contributed by atoms with van der Waals surface area (Å²) in [5.74, 6) is 0.260. The molecule has 2 fully saturated rings. The second-order valence-corrected chi connectivity index (χ2v) is 8.04. The van der Waals surface area contributed by atoms with Crippen LogP contribution in [0.15, 0.2) is 24.3 Å². The number of carbonyl (C=O) groups is 3. The van der Waals surface area contributed by atoms with Crippen LogP contribution in [0.2, 0.25) is 0 Å². The van der Waals surface area contributed by atoms with Crippen molar-refractivity contribution < 1.29 is 14.4 Å². The number of benzene rings is 1. The Hall–Kier alpha value is -2.41. The van der Waals surface area contributed by atoms with Crippen molar-refractivity contribution in [2.45, 2.75) is 32.6 Å². The minimum atomic E-state index is -0.218. The van der Waals surface area contributed by atoms with E-state index < -0.39 is 0 Å². The first kappa shape index (κ1) is 20.3. The van der Waals surface area contributed by atoms with Gasteiger partial charge < -0.3 is 21.3 Å². The molecule has 0 bridgehead atoms. The van der Waals surface area contributed by atoms with Gasteiger partial charge in [-0.1, -0.05) is 6.92 Å². The largest absolute Gasteiger partial charge is 0.369 e. The predicted molar refractivity (Wildman–Crippen MR) is 108 cm³/mol. The van der Waals surface area contributed by atoms with Gasteiger partial charge in [0.1, 0.15) is 0 Å². The molecule has 3 amide bonds. The number of piperidine rings is 1. The Kier molecular flexibility index (Phi) is 6.67. The molecular weight excluding hydrogens is 356 g/mol. The summed E-state index contributed by atoms with van der Waals surface area (Å²) in [5, 5.41) is 5.81. The number of amides is 3. The monoisotopic (exact) mass is 386 g/mol. The number of nitrogens with zero attached hydrogens (tertiary/aromatic N) is 1. The predicted octanol–water partition coefficient (Wildman–Crippen LogP) is 1.60. The highest BCUT2D eigenvalue weighted by molar-refractivity contribution is 5.96. The number of primary amides is 1. The maximum atomic E-state index is 12.3. The van der Waals surface area contributed by atoms with Gasteiger partial charge in [-0.25, -0.2) is 0 Å². The van der Waals surface area contributed by atoms with Gasteiger partial charge in [-0.3, -0.25) is 14.4 Å². The van der Waals surface area contributed by atoms with Gasteiger partial charge in [-0.2, -0.15) is 0 Å². The molecule has 7 nitrogen and oxygen atoms in total. The smallest absolute Gasteiger partial charge is 0.251 e. The first-order valence-electron chi connectivity index (χ1n) is 10.1. The average Bonchev–Trinajstić information content (AvgIpc) is 3.43. The van der Waals surface area contributed by atoms with Crippen LogP contribution in [0.5, 0.6) is 0 Å². The van der Waals surface area contributed by atoms with Crippen LogP contribution in [-0.2, 0) is 9.59 Å². The van der Waals surface area contributed by atoms with Gasteiger partial charge in [0.05, 0.1) is 5.92 Å². The van der Waals surface area contributed by atoms with Crippen LogP contribution in [0.3, 0.4) is 0 Å². The lowest BCUT2D eigenvalue weighted by molar-refractivity contribution is -0.123. The van der Waals surface area contributed by atoms with Gasteiger partial charge in [0.25, 0.3) is 5.91 Å². The summed E-state index contributed by atoms with van der Waals surface area (Å²) >= 11 is 0. The molecule has 1 aliphatic carbocycles. The number of hydrogen-bond acceptors (Lipinski definition) is 4. The van der Waals surface area contributed by atoms with E-state index in [-0.39, 0.29) is 29.6 Å². The molecule has 1 saturated carbocycles. The molecule has 1 aliphatic heterocycles. The van der Waals surface area contributed by atoms with E-state index in [0.717, 1.165) is 51.0 Å². The van der Waals surface area contributed by atoms with E-state index in [1.54, 1.807) is 24.3 Å². The van der Waals surface area contributed by atoms with Gasteiger partial charge in [0, 0.05) is 30.3 Å². The van der Waals surface area contributed by atoms with Crippen molar-refractivity contribution in [3.05, 3.63) is 29.8 Å². The zero-order valence-corrected chi connectivity index (χ0v) is 16.4. The molecule has 1 heterocycles. The van der Waals surface area contributed by atoms with E-state index in [1.807, 2.05) is 0 Å². The van der Waals surface area contributed by atoms with Crippen molar-refractivity contribution in [2.24, 2.45) is 23.5 Å². The van der Waals surface area contributed by atoms with E-state index in [1.165, 1.54) is 0 Å². The van der Waals surface area contributed by atoms with E-state index >= 15 is 0 Å². The number of hydrogen-bond donors (Lipinski definition) is 3. The molecule has 28 heavy (non-hydrogen) atoms. The third-order valence-corrected chi connectivity index (χ3v) is 5.71. The van der Waals surface area contributed by atoms with Crippen molar-refractivity contribution >= 4 is 23.4 Å². The van der Waals surface area contributed by atoms with Gasteiger partial charge in [0.15, 0.2) is 0 Å². The molecule has 1 aromatic rings. The van der Waals surface area contributed by atoms with Crippen LogP contribution < -0.4 is 16.4 Å². The van der Waals surface area contributed by atoms with E-state index in [2.05, 4.69) is 22.5 Å². The summed E-state index contributed by atoms with van der Waals surface area (Å²) in [6, 6.07) is 6.97. The SMILES string of the molecule is CC1CC1C(=O)Nc1ccc(C(=O)NCCCN2CCCC(C(N)=O)C2)cc1. The maximum Gasteiger partial charge on any atom is 0.251 e. The quantitative estimate of drug-likeness (QED) is 0.590. The highest BCUT2D eigenvalue weighted by atomic mass is 16.2. The second kappa shape index (κ2) is 9.19. The molecule has 3 rings (SSSR count). The Labute approximate surface area is 166 Å². The third-order valence-electron chi connectivity index (χ3n) is 5.71. The Morgan fingerprint density at radius 1 is 1.21 bits per heavy atom. The second-order valence-electron chi connectivity index (χ2n) is 8.04. The summed E-state index contributed by atoms with van der Waals surface area (Å²) in [6.45, 7) is 5.18. The van der Waals surface area contributed by atoms with Crippen molar-refractivity contribution in [1.82, 2.24) is 10.2 Å². The summed E-state index contributed by atoms with van der Waals surface area (Å²) in [4.78, 5) is 37.8. The van der Waals surface area contributed by atoms with Crippen molar-refractivity contribution in [1.29, 1.82) is 0 Å². The van der Waals surface area contributed by atoms with Crippen LogP contribution in [-0.4, -0.2) is 48.8 Å². The molecule has 4 N–H and O–H groups in total. The molecule has 0 radical (unpaired) electrons. The maximum absolute atomic E-state index is 12.3. The molecule has 1 aromatic carbocycles. The molecule has 3 unspecified atom stereocenters. The van der Waals surface area contributed by atoms with Crippen LogP contribution in [0.4, 0.5) is 5.69 Å². The zero-order chi connectivity index (χ0) is 20.1. The number of nitrogens with two attached hydrogens (primary N) is 1. The lowest BCUT2D eigenvalue weighted by atomic mass is 9.97. The van der Waals surface area contributed by atoms with Crippen LogP contribution in [0.1, 0.15) is 43.0 Å². The standard InChI is InChI=1S/C21H30N4O3/c1-14-12-18(14)21(28)24-17-7-5-15(6-8-17)20(27)23-9-3-11-25-10-2-4-16(13-25)19(22)26/h5-8,14,16,18H,2-4,9-13H2,1H3,(H2,22,26)(H,23,27)(H,24,28). The molecular formula is C21H30N4O3. The molecule has 0 aromatic heterocycles. The average molecular weight is 386 g/mol. The van der Waals surface area contributed by atoms with Gasteiger partial charge >= 0.3 is 0 Å². The summed E-state index contributed by atoms with van der Waals surface area (Å²) < 4.78 is 0. The minimum Gasteiger partial charge on any atom is -0.369 e. The number of carbonyl (C=O) groups excluding carboxylic acids is 3. The number of nitrogens with one attached hydrogen (secondary N) is 2. The highest BCUT2D eigenvalue weighted by Gasteiger charge is 2.39. The fraction of sp³-hybridized carbons (Fsp3) is 0.571. The fourth-order valence-corrected chi connectivity index (χ4v) is 3.72. The first-order valence-corrected chi connectivity index (χ1v) is 10.1. The molecule has 2 aliphatic rings. The van der Waals surface area contributed by atoms with E-state index in [4.69, 9.17) is 5.73 Å². The van der Waals surface area contributed by atoms with Crippen LogP contribution in [0.25, 0.3) is 0 Å². The van der Waals surface area contributed by atoms with Crippen molar-refractivity contribution in [2.75, 3.05) is 31.5 Å². The van der Waals surface area contributed by atoms with Crippen molar-refractivity contribution in [3.8, 4) is 0 Å². The molecule has 0 spiro atoms. The Morgan fingerprint density at radius 2 is 1.93 bits per heavy atom. The normalized spacial score (nSPS) is 24.4. The first-order chi connectivity index (χ1) is 13.4.